The van der Waals surface area contributed by atoms with Crippen LogP contribution in [-0.2, 0) is 13.0 Å². The summed E-state index contributed by atoms with van der Waals surface area (Å²) < 4.78 is 5.24. The Morgan fingerprint density at radius 2 is 1.93 bits per heavy atom. The minimum atomic E-state index is -0.105. The number of thiophene rings is 1. The monoisotopic (exact) mass is 380 g/mol. The molecule has 0 bridgehead atoms. The molecule has 0 saturated heterocycles. The Morgan fingerprint density at radius 3 is 2.63 bits per heavy atom. The molecule has 4 nitrogen and oxygen atoms in total. The van der Waals surface area contributed by atoms with Crippen molar-refractivity contribution in [1.29, 1.82) is 0 Å². The largest absolute Gasteiger partial charge is 0.497 e. The van der Waals surface area contributed by atoms with Gasteiger partial charge in [0.05, 0.1) is 13.7 Å². The number of rotatable bonds is 7. The van der Waals surface area contributed by atoms with E-state index in [0.29, 0.717) is 13.1 Å². The van der Waals surface area contributed by atoms with Gasteiger partial charge >= 0.3 is 6.03 Å². The number of carbonyl (C=O) groups excluding carboxylic acids is 1. The molecule has 0 radical (unpaired) electrons. The third-order valence-electron chi connectivity index (χ3n) is 4.42. The molecular weight excluding hydrogens is 356 g/mol. The summed E-state index contributed by atoms with van der Waals surface area (Å²) in [5.74, 6) is 0.720. The van der Waals surface area contributed by atoms with E-state index in [-0.39, 0.29) is 6.03 Å². The van der Waals surface area contributed by atoms with Crippen LogP contribution in [0.15, 0.2) is 66.0 Å². The van der Waals surface area contributed by atoms with Crippen LogP contribution in [0, 0.1) is 6.92 Å². The molecule has 0 aliphatic heterocycles. The Balaban J connectivity index is 1.72. The zero-order valence-corrected chi connectivity index (χ0v) is 16.5. The molecule has 2 amide bonds. The summed E-state index contributed by atoms with van der Waals surface area (Å²) in [6.07, 6.45) is 0.816. The van der Waals surface area contributed by atoms with E-state index in [4.69, 9.17) is 4.74 Å². The van der Waals surface area contributed by atoms with Gasteiger partial charge in [0.2, 0.25) is 0 Å². The number of amides is 2. The van der Waals surface area contributed by atoms with E-state index in [2.05, 4.69) is 35.8 Å². The molecule has 140 valence electrons. The van der Waals surface area contributed by atoms with Crippen LogP contribution in [-0.4, -0.2) is 24.6 Å². The lowest BCUT2D eigenvalue weighted by molar-refractivity contribution is 0.210. The highest BCUT2D eigenvalue weighted by Gasteiger charge is 2.16. The molecule has 0 fully saturated rings. The lowest BCUT2D eigenvalue weighted by Crippen LogP contribution is -2.36. The van der Waals surface area contributed by atoms with Gasteiger partial charge in [-0.25, -0.2) is 4.79 Å². The molecule has 5 heteroatoms. The predicted octanol–water partition coefficient (Wildman–Crippen LogP) is 5.34. The third kappa shape index (κ3) is 5.34. The first kappa shape index (κ1) is 19.0. The number of hydrogen-bond acceptors (Lipinski definition) is 3. The number of benzene rings is 2. The first-order valence-corrected chi connectivity index (χ1v) is 9.80. The lowest BCUT2D eigenvalue weighted by Gasteiger charge is -2.23. The highest BCUT2D eigenvalue weighted by atomic mass is 32.1. The average molecular weight is 381 g/mol. The van der Waals surface area contributed by atoms with Crippen LogP contribution in [0.1, 0.15) is 16.0 Å². The van der Waals surface area contributed by atoms with Crippen LogP contribution in [0.3, 0.4) is 0 Å². The summed E-state index contributed by atoms with van der Waals surface area (Å²) in [7, 11) is 1.62. The maximum atomic E-state index is 12.9. The van der Waals surface area contributed by atoms with Crippen molar-refractivity contribution in [3.63, 3.8) is 0 Å². The minimum absolute atomic E-state index is 0.105. The molecular formula is C22H24N2O2S. The molecule has 0 aliphatic rings. The first-order chi connectivity index (χ1) is 13.2. The third-order valence-corrected chi connectivity index (χ3v) is 5.43. The number of methoxy groups -OCH3 is 1. The van der Waals surface area contributed by atoms with Crippen LogP contribution < -0.4 is 10.1 Å². The van der Waals surface area contributed by atoms with Crippen LogP contribution in [0.25, 0.3) is 0 Å². The Hall–Kier alpha value is -2.79. The summed E-state index contributed by atoms with van der Waals surface area (Å²) in [5.41, 5.74) is 3.17. The van der Waals surface area contributed by atoms with E-state index >= 15 is 0 Å². The first-order valence-electron chi connectivity index (χ1n) is 8.92. The van der Waals surface area contributed by atoms with Crippen LogP contribution in [0.2, 0.25) is 0 Å². The summed E-state index contributed by atoms with van der Waals surface area (Å²) >= 11 is 1.69. The van der Waals surface area contributed by atoms with Crippen molar-refractivity contribution in [1.82, 2.24) is 4.90 Å². The fourth-order valence-electron chi connectivity index (χ4n) is 2.80. The topological polar surface area (TPSA) is 41.6 Å². The smallest absolute Gasteiger partial charge is 0.322 e. The summed E-state index contributed by atoms with van der Waals surface area (Å²) in [4.78, 5) is 16.0. The number of urea groups is 1. The van der Waals surface area contributed by atoms with Gasteiger partial charge in [0.15, 0.2) is 0 Å². The van der Waals surface area contributed by atoms with E-state index in [1.54, 1.807) is 18.4 Å². The van der Waals surface area contributed by atoms with E-state index in [0.717, 1.165) is 17.9 Å². The van der Waals surface area contributed by atoms with E-state index < -0.39 is 0 Å². The fraction of sp³-hybridized carbons (Fsp3) is 0.227. The van der Waals surface area contributed by atoms with Crippen molar-refractivity contribution in [2.24, 2.45) is 0 Å². The van der Waals surface area contributed by atoms with E-state index in [1.807, 2.05) is 47.4 Å². The predicted molar refractivity (Wildman–Crippen MR) is 112 cm³/mol. The molecule has 3 rings (SSSR count). The van der Waals surface area contributed by atoms with Gasteiger partial charge in [-0.2, -0.15) is 0 Å². The van der Waals surface area contributed by atoms with Gasteiger partial charge in [0, 0.05) is 23.2 Å². The summed E-state index contributed by atoms with van der Waals surface area (Å²) in [5, 5.41) is 5.07. The lowest BCUT2D eigenvalue weighted by atomic mass is 10.1. The molecule has 27 heavy (non-hydrogen) atoms. The van der Waals surface area contributed by atoms with Crippen molar-refractivity contribution in [2.75, 3.05) is 19.0 Å². The Bertz CT molecular complexity index is 877. The molecule has 0 spiro atoms. The van der Waals surface area contributed by atoms with Crippen LogP contribution >= 0.6 is 11.3 Å². The molecule has 1 heterocycles. The molecule has 0 aliphatic carbocycles. The number of anilines is 1. The van der Waals surface area contributed by atoms with Gasteiger partial charge in [-0.05, 0) is 48.1 Å². The molecule has 3 aromatic rings. The molecule has 2 aromatic carbocycles. The fourth-order valence-corrected chi connectivity index (χ4v) is 3.72. The summed E-state index contributed by atoms with van der Waals surface area (Å²) in [6, 6.07) is 19.6. The van der Waals surface area contributed by atoms with Crippen LogP contribution in [0.5, 0.6) is 5.75 Å². The second kappa shape index (κ2) is 9.24. The number of carbonyl (C=O) groups is 1. The summed E-state index contributed by atoms with van der Waals surface area (Å²) in [6.45, 7) is 3.34. The normalized spacial score (nSPS) is 10.4. The quantitative estimate of drug-likeness (QED) is 0.601. The second-order valence-electron chi connectivity index (χ2n) is 6.35. The second-order valence-corrected chi connectivity index (χ2v) is 7.35. The molecule has 1 N–H and O–H groups in total. The van der Waals surface area contributed by atoms with Gasteiger partial charge in [0.25, 0.3) is 0 Å². The van der Waals surface area contributed by atoms with Gasteiger partial charge < -0.3 is 15.0 Å². The maximum Gasteiger partial charge on any atom is 0.322 e. The number of nitrogens with one attached hydrogen (secondary N) is 1. The number of nitrogens with zero attached hydrogens (tertiary/aromatic N) is 1. The van der Waals surface area contributed by atoms with Crippen molar-refractivity contribution < 1.29 is 9.53 Å². The van der Waals surface area contributed by atoms with Crippen LogP contribution in [0.4, 0.5) is 10.5 Å². The highest BCUT2D eigenvalue weighted by Crippen LogP contribution is 2.20. The van der Waals surface area contributed by atoms with Crippen molar-refractivity contribution >= 4 is 23.1 Å². The Morgan fingerprint density at radius 1 is 1.11 bits per heavy atom. The number of aryl methyl sites for hydroxylation is 1. The van der Waals surface area contributed by atoms with Gasteiger partial charge in [0.1, 0.15) is 5.75 Å². The average Bonchev–Trinajstić information content (AvgIpc) is 3.10. The number of ether oxygens (including phenoxy) is 1. The molecule has 0 atom stereocenters. The molecule has 0 unspecified atom stereocenters. The van der Waals surface area contributed by atoms with Gasteiger partial charge in [-0.3, -0.25) is 0 Å². The van der Waals surface area contributed by atoms with Crippen molar-refractivity contribution in [2.45, 2.75) is 19.9 Å². The molecule has 0 saturated carbocycles. The Kier molecular flexibility index (Phi) is 6.49. The van der Waals surface area contributed by atoms with E-state index in [1.165, 1.54) is 16.0 Å². The van der Waals surface area contributed by atoms with E-state index in [9.17, 15) is 4.79 Å². The Labute approximate surface area is 164 Å². The zero-order chi connectivity index (χ0) is 19.1. The number of hydrogen-bond donors (Lipinski definition) is 1. The SMILES string of the molecule is COc1cccc(NC(=O)N(CCc2ccccc2)Cc2sccc2C)c1. The maximum absolute atomic E-state index is 12.9. The van der Waals surface area contributed by atoms with Gasteiger partial charge in [-0.1, -0.05) is 36.4 Å². The molecule has 1 aromatic heterocycles. The minimum Gasteiger partial charge on any atom is -0.497 e. The van der Waals surface area contributed by atoms with Crippen molar-refractivity contribution in [3.05, 3.63) is 82.0 Å². The highest BCUT2D eigenvalue weighted by molar-refractivity contribution is 7.10. The zero-order valence-electron chi connectivity index (χ0n) is 15.6. The van der Waals surface area contributed by atoms with Gasteiger partial charge in [-0.15, -0.1) is 11.3 Å². The standard InChI is InChI=1S/C22H24N2O2S/c1-17-12-14-27-21(17)16-24(13-11-18-7-4-3-5-8-18)22(25)23-19-9-6-10-20(15-19)26-2/h3-10,12,14-15H,11,13,16H2,1-2H3,(H,23,25). The van der Waals surface area contributed by atoms with Crippen molar-refractivity contribution in [3.8, 4) is 5.75 Å².